The van der Waals surface area contributed by atoms with E-state index in [9.17, 15) is 24.9 Å². The van der Waals surface area contributed by atoms with Crippen LogP contribution in [-0.2, 0) is 33.4 Å². The molecule has 0 aromatic carbocycles. The number of rotatable bonds is 34. The van der Waals surface area contributed by atoms with Gasteiger partial charge in [-0.05, 0) is 25.0 Å². The summed E-state index contributed by atoms with van der Waals surface area (Å²) < 4.78 is 42.6. The van der Waals surface area contributed by atoms with E-state index in [-0.39, 0.29) is 24.7 Å². The number of phosphoric ester groups is 1. The Morgan fingerprint density at radius 2 is 1.38 bits per heavy atom. The first-order valence-electron chi connectivity index (χ1n) is 21.5. The van der Waals surface area contributed by atoms with Gasteiger partial charge in [0.25, 0.3) is 0 Å². The predicted molar refractivity (Wildman–Crippen MR) is 217 cm³/mol. The molecule has 14 nitrogen and oxygen atoms in total. The summed E-state index contributed by atoms with van der Waals surface area (Å²) in [5, 5.41) is 36.0. The molecule has 1 aliphatic heterocycles. The van der Waals surface area contributed by atoms with Crippen molar-refractivity contribution < 1.29 is 42.9 Å². The van der Waals surface area contributed by atoms with E-state index in [1.54, 1.807) is 6.07 Å². The van der Waals surface area contributed by atoms with Crippen LogP contribution in [0.2, 0.25) is 0 Å². The Morgan fingerprint density at radius 3 is 1.93 bits per heavy atom. The molecule has 2 aromatic heterocycles. The zero-order chi connectivity index (χ0) is 40.5. The molecule has 56 heavy (non-hydrogen) atoms. The first-order valence-corrected chi connectivity index (χ1v) is 23.0. The highest BCUT2D eigenvalue weighted by Crippen LogP contribution is 2.46. The molecule has 1 fully saturated rings. The van der Waals surface area contributed by atoms with Gasteiger partial charge in [-0.25, -0.2) is 14.1 Å². The Bertz CT molecular complexity index is 1430. The number of hydrogen-bond donors (Lipinski definition) is 4. The van der Waals surface area contributed by atoms with Gasteiger partial charge in [-0.1, -0.05) is 142 Å². The van der Waals surface area contributed by atoms with Crippen LogP contribution in [0, 0.1) is 11.3 Å². The van der Waals surface area contributed by atoms with Gasteiger partial charge in [0, 0.05) is 13.2 Å². The molecular weight excluding hydrogens is 737 g/mol. The number of nitriles is 1. The summed E-state index contributed by atoms with van der Waals surface area (Å²) >= 11 is 0. The van der Waals surface area contributed by atoms with E-state index in [0.29, 0.717) is 18.7 Å². The van der Waals surface area contributed by atoms with Crippen LogP contribution in [0.3, 0.4) is 0 Å². The minimum absolute atomic E-state index is 0.103. The minimum atomic E-state index is -4.67. The molecule has 0 spiro atoms. The molecule has 2 aromatic rings. The summed E-state index contributed by atoms with van der Waals surface area (Å²) in [4.78, 5) is 14.5. The highest BCUT2D eigenvalue weighted by Gasteiger charge is 2.58. The van der Waals surface area contributed by atoms with Crippen LogP contribution in [0.25, 0.3) is 5.52 Å². The van der Waals surface area contributed by atoms with Gasteiger partial charge in [0.05, 0.1) is 25.5 Å². The SMILES string of the molecule is CCCCCCCCCCCCCCCCCCOC[C@H](COP(=O)(O)OC[C@H]1O[C@@](C#N)(c2ccc3c(N)ncnn23)[C@H](O)[C@@H]1O)OCCCCCCCC. The Morgan fingerprint density at radius 1 is 0.839 bits per heavy atom. The Hall–Kier alpha value is -2.18. The van der Waals surface area contributed by atoms with Gasteiger partial charge in [0.15, 0.2) is 5.82 Å². The van der Waals surface area contributed by atoms with Gasteiger partial charge in [-0.3, -0.25) is 9.05 Å². The number of aliphatic hydroxyl groups excluding tert-OH is 2. The van der Waals surface area contributed by atoms with E-state index in [1.807, 2.05) is 6.07 Å². The molecule has 0 radical (unpaired) electrons. The van der Waals surface area contributed by atoms with Crippen molar-refractivity contribution in [1.29, 1.82) is 5.26 Å². The number of hydrogen-bond acceptors (Lipinski definition) is 12. The van der Waals surface area contributed by atoms with Gasteiger partial charge in [0.2, 0.25) is 5.60 Å². The molecule has 1 saturated heterocycles. The van der Waals surface area contributed by atoms with Gasteiger partial charge >= 0.3 is 7.82 Å². The van der Waals surface area contributed by atoms with Gasteiger partial charge in [-0.15, -0.1) is 0 Å². The summed E-state index contributed by atoms with van der Waals surface area (Å²) in [6, 6.07) is 4.97. The van der Waals surface area contributed by atoms with E-state index < -0.39 is 44.4 Å². The fourth-order valence-corrected chi connectivity index (χ4v) is 7.94. The molecule has 0 amide bonds. The van der Waals surface area contributed by atoms with Crippen LogP contribution in [0.1, 0.15) is 161 Å². The number of phosphoric acid groups is 1. The quantitative estimate of drug-likeness (QED) is 0.0388. The molecule has 0 saturated carbocycles. The van der Waals surface area contributed by atoms with Crippen molar-refractivity contribution in [3.8, 4) is 6.07 Å². The first kappa shape index (κ1) is 48.2. The predicted octanol–water partition coefficient (Wildman–Crippen LogP) is 8.31. The van der Waals surface area contributed by atoms with E-state index in [2.05, 4.69) is 23.9 Å². The molecule has 0 bridgehead atoms. The number of aromatic nitrogens is 3. The number of aliphatic hydroxyl groups is 2. The molecule has 3 heterocycles. The fourth-order valence-electron chi connectivity index (χ4n) is 7.18. The monoisotopic (exact) mass is 810 g/mol. The molecule has 1 unspecified atom stereocenters. The lowest BCUT2D eigenvalue weighted by molar-refractivity contribution is -0.0679. The average molecular weight is 810 g/mol. The first-order chi connectivity index (χ1) is 27.2. The molecular formula is C41H72N5O9P. The Kier molecular flexibility index (Phi) is 23.7. The highest BCUT2D eigenvalue weighted by molar-refractivity contribution is 7.47. The summed E-state index contributed by atoms with van der Waals surface area (Å²) in [5.74, 6) is 0.144. The zero-order valence-corrected chi connectivity index (χ0v) is 35.1. The number of nitrogen functional groups attached to an aromatic ring is 1. The normalized spacial score (nSPS) is 21.4. The summed E-state index contributed by atoms with van der Waals surface area (Å²) in [7, 11) is -4.67. The molecule has 0 aliphatic carbocycles. The van der Waals surface area contributed by atoms with Crippen LogP contribution < -0.4 is 5.73 Å². The standard InChI is InChI=1S/C41H72N5O9P/c1-3-5-7-9-11-12-13-14-15-16-17-18-19-20-21-23-27-51-29-34(52-28-24-22-10-8-6-4-2)30-53-56(49,50)54-31-36-38(47)39(48)41(32-42,55-36)37-26-25-35-40(43)44-33-45-46(35)37/h25-26,33-34,36,38-39,47-48H,3-24,27-31H2,1-2H3,(H,49,50)(H2,43,44,45)/t34-,36-,38-,39-,41+/m1/s1. The highest BCUT2D eigenvalue weighted by atomic mass is 31.2. The number of unbranched alkanes of at least 4 members (excludes halogenated alkanes) is 20. The lowest BCUT2D eigenvalue weighted by Gasteiger charge is -2.24. The topological polar surface area (TPSA) is 204 Å². The van der Waals surface area contributed by atoms with Crippen molar-refractivity contribution in [2.45, 2.75) is 185 Å². The van der Waals surface area contributed by atoms with E-state index in [1.165, 1.54) is 126 Å². The molecule has 1 aliphatic rings. The maximum absolute atomic E-state index is 13.0. The summed E-state index contributed by atoms with van der Waals surface area (Å²) in [6.07, 6.45) is 23.3. The Balaban J connectivity index is 1.37. The molecule has 15 heteroatoms. The van der Waals surface area contributed by atoms with E-state index >= 15 is 0 Å². The third-order valence-corrected chi connectivity index (χ3v) is 11.6. The van der Waals surface area contributed by atoms with Crippen molar-refractivity contribution in [1.82, 2.24) is 14.6 Å². The summed E-state index contributed by atoms with van der Waals surface area (Å²) in [5.41, 5.74) is 4.32. The largest absolute Gasteiger partial charge is 0.472 e. The van der Waals surface area contributed by atoms with Crippen molar-refractivity contribution in [3.05, 3.63) is 24.2 Å². The number of anilines is 1. The zero-order valence-electron chi connectivity index (χ0n) is 34.2. The Labute approximate surface area is 335 Å². The van der Waals surface area contributed by atoms with Crippen LogP contribution in [0.15, 0.2) is 18.5 Å². The average Bonchev–Trinajstić information content (AvgIpc) is 3.74. The van der Waals surface area contributed by atoms with Crippen molar-refractivity contribution in [2.24, 2.45) is 0 Å². The van der Waals surface area contributed by atoms with E-state index in [0.717, 1.165) is 32.1 Å². The lowest BCUT2D eigenvalue weighted by atomic mass is 9.92. The number of ether oxygens (including phenoxy) is 3. The number of nitrogens with zero attached hydrogens (tertiary/aromatic N) is 4. The molecule has 3 rings (SSSR count). The second kappa shape index (κ2) is 27.5. The van der Waals surface area contributed by atoms with Crippen LogP contribution in [0.5, 0.6) is 0 Å². The van der Waals surface area contributed by atoms with Crippen molar-refractivity contribution >= 4 is 19.2 Å². The second-order valence-electron chi connectivity index (χ2n) is 15.3. The van der Waals surface area contributed by atoms with Crippen LogP contribution in [-0.4, -0.2) is 87.2 Å². The molecule has 320 valence electrons. The maximum Gasteiger partial charge on any atom is 0.472 e. The van der Waals surface area contributed by atoms with Crippen molar-refractivity contribution in [2.75, 3.05) is 38.8 Å². The van der Waals surface area contributed by atoms with Crippen LogP contribution in [0.4, 0.5) is 5.82 Å². The maximum atomic E-state index is 13.0. The number of fused-ring (bicyclic) bond motifs is 1. The number of nitrogens with two attached hydrogens (primary N) is 1. The molecule has 6 atom stereocenters. The molecule has 5 N–H and O–H groups in total. The third-order valence-electron chi connectivity index (χ3n) is 10.6. The van der Waals surface area contributed by atoms with Gasteiger partial charge < -0.3 is 35.1 Å². The fraction of sp³-hybridized carbons (Fsp3) is 0.829. The van der Waals surface area contributed by atoms with Crippen LogP contribution >= 0.6 is 7.82 Å². The summed E-state index contributed by atoms with van der Waals surface area (Å²) in [6.45, 7) is 4.80. The second-order valence-corrected chi connectivity index (χ2v) is 16.8. The van der Waals surface area contributed by atoms with Gasteiger partial charge in [-0.2, -0.15) is 10.4 Å². The smallest absolute Gasteiger partial charge is 0.387 e. The third kappa shape index (κ3) is 16.6. The van der Waals surface area contributed by atoms with E-state index in [4.69, 9.17) is 29.0 Å². The van der Waals surface area contributed by atoms with Crippen molar-refractivity contribution in [3.63, 3.8) is 0 Å². The lowest BCUT2D eigenvalue weighted by Crippen LogP contribution is -2.41. The minimum Gasteiger partial charge on any atom is -0.387 e. The van der Waals surface area contributed by atoms with Gasteiger partial charge in [0.1, 0.15) is 42.3 Å².